The number of carbonyl (C=O) groups is 2. The molecule has 0 spiro atoms. The van der Waals surface area contributed by atoms with E-state index in [1.807, 2.05) is 20.8 Å². The number of anilines is 1. The van der Waals surface area contributed by atoms with Gasteiger partial charge in [-0.3, -0.25) is 9.59 Å². The smallest absolute Gasteiger partial charge is 0.271 e. The molecule has 5 nitrogen and oxygen atoms in total. The third kappa shape index (κ3) is 2.26. The number of benzene rings is 1. The minimum absolute atomic E-state index is 0.0624. The molecule has 0 unspecified atom stereocenters. The molecule has 0 bridgehead atoms. The second kappa shape index (κ2) is 5.76. The Hall–Kier alpha value is -2.04. The first kappa shape index (κ1) is 15.4. The first-order chi connectivity index (χ1) is 10.1. The van der Waals surface area contributed by atoms with Gasteiger partial charge in [-0.05, 0) is 31.9 Å². The average molecular weight is 291 g/mol. The van der Waals surface area contributed by atoms with Crippen LogP contribution in [0.2, 0.25) is 0 Å². The van der Waals surface area contributed by atoms with Gasteiger partial charge in [-0.25, -0.2) is 0 Å². The van der Waals surface area contributed by atoms with Gasteiger partial charge in [0, 0.05) is 12.1 Å². The highest BCUT2D eigenvalue weighted by Gasteiger charge is 2.46. The Balaban J connectivity index is 2.68. The first-order valence-electron chi connectivity index (χ1n) is 7.25. The number of likely N-dealkylation sites (N-methyl/N-ethyl adjacent to an activating group) is 1. The summed E-state index contributed by atoms with van der Waals surface area (Å²) in [5, 5.41) is 0. The molecule has 1 aliphatic heterocycles. The van der Waals surface area contributed by atoms with E-state index in [4.69, 9.17) is 9.47 Å². The van der Waals surface area contributed by atoms with Crippen molar-refractivity contribution >= 4 is 17.9 Å². The molecule has 2 rings (SSSR count). The molecule has 0 atom stereocenters. The molecule has 0 aliphatic carbocycles. The molecule has 1 aromatic rings. The third-order valence-corrected chi connectivity index (χ3v) is 4.10. The lowest BCUT2D eigenvalue weighted by Gasteiger charge is -2.42. The molecular weight excluding hydrogens is 270 g/mol. The van der Waals surface area contributed by atoms with Crippen molar-refractivity contribution < 1.29 is 19.1 Å². The number of nitrogens with zero attached hydrogens (tertiary/aromatic N) is 1. The Morgan fingerprint density at radius 1 is 1.29 bits per heavy atom. The average Bonchev–Trinajstić information content (AvgIpc) is 2.53. The van der Waals surface area contributed by atoms with Crippen molar-refractivity contribution in [2.24, 2.45) is 0 Å². The maximum Gasteiger partial charge on any atom is 0.271 e. The van der Waals surface area contributed by atoms with Gasteiger partial charge in [-0.15, -0.1) is 0 Å². The Bertz CT molecular complexity index is 564. The number of hydrogen-bond acceptors (Lipinski definition) is 4. The number of ether oxygens (including phenoxy) is 2. The second-order valence-electron chi connectivity index (χ2n) is 5.04. The number of carbonyl (C=O) groups excluding carboxylic acids is 2. The van der Waals surface area contributed by atoms with Crippen LogP contribution in [-0.4, -0.2) is 31.4 Å². The molecular formula is C16H21NO4. The van der Waals surface area contributed by atoms with Crippen molar-refractivity contribution in [1.82, 2.24) is 0 Å². The number of fused-ring (bicyclic) bond motifs is 1. The van der Waals surface area contributed by atoms with Crippen molar-refractivity contribution in [2.75, 3.05) is 18.6 Å². The van der Waals surface area contributed by atoms with E-state index in [1.54, 1.807) is 17.0 Å². The lowest BCUT2D eigenvalue weighted by molar-refractivity contribution is -0.136. The van der Waals surface area contributed by atoms with Gasteiger partial charge >= 0.3 is 0 Å². The van der Waals surface area contributed by atoms with Crippen molar-refractivity contribution in [2.45, 2.75) is 39.2 Å². The van der Waals surface area contributed by atoms with Crippen LogP contribution in [-0.2, 0) is 4.79 Å². The number of hydrogen-bond donors (Lipinski definition) is 0. The fraction of sp³-hybridized carbons (Fsp3) is 0.500. The summed E-state index contributed by atoms with van der Waals surface area (Å²) in [4.78, 5) is 25.5. The van der Waals surface area contributed by atoms with Crippen LogP contribution in [0, 0.1) is 0 Å². The van der Waals surface area contributed by atoms with Crippen LogP contribution in [0.4, 0.5) is 5.69 Å². The van der Waals surface area contributed by atoms with Crippen LogP contribution < -0.4 is 14.4 Å². The maximum absolute atomic E-state index is 12.8. The molecule has 114 valence electrons. The normalized spacial score (nSPS) is 16.2. The molecule has 1 aliphatic rings. The van der Waals surface area contributed by atoms with E-state index in [0.29, 0.717) is 42.1 Å². The summed E-state index contributed by atoms with van der Waals surface area (Å²) in [6.07, 6.45) is 1.90. The predicted molar refractivity (Wildman–Crippen MR) is 80.3 cm³/mol. The summed E-state index contributed by atoms with van der Waals surface area (Å²) in [5.74, 6) is 0.952. The van der Waals surface area contributed by atoms with Crippen LogP contribution in [0.25, 0.3) is 0 Å². The first-order valence-corrected chi connectivity index (χ1v) is 7.25. The standard InChI is InChI=1S/C16H21NO4/c1-5-16(6-2)15(19)17(7-3)12-8-11(10-18)9-13(20-4)14(12)21-16/h8-10H,5-7H2,1-4H3. The Morgan fingerprint density at radius 3 is 2.43 bits per heavy atom. The maximum atomic E-state index is 12.8. The zero-order valence-corrected chi connectivity index (χ0v) is 12.9. The van der Waals surface area contributed by atoms with Gasteiger partial charge in [-0.1, -0.05) is 13.8 Å². The quantitative estimate of drug-likeness (QED) is 0.783. The summed E-state index contributed by atoms with van der Waals surface area (Å²) >= 11 is 0. The van der Waals surface area contributed by atoms with E-state index < -0.39 is 5.60 Å². The number of methoxy groups -OCH3 is 1. The zero-order valence-electron chi connectivity index (χ0n) is 12.9. The van der Waals surface area contributed by atoms with Gasteiger partial charge in [-0.2, -0.15) is 0 Å². The molecule has 1 aromatic carbocycles. The lowest BCUT2D eigenvalue weighted by Crippen LogP contribution is -2.55. The summed E-state index contributed by atoms with van der Waals surface area (Å²) in [5.41, 5.74) is 0.196. The van der Waals surface area contributed by atoms with Crippen LogP contribution in [0.5, 0.6) is 11.5 Å². The third-order valence-electron chi connectivity index (χ3n) is 4.10. The topological polar surface area (TPSA) is 55.8 Å². The highest BCUT2D eigenvalue weighted by molar-refractivity contribution is 6.04. The minimum Gasteiger partial charge on any atom is -0.493 e. The minimum atomic E-state index is -0.862. The molecule has 5 heteroatoms. The molecule has 21 heavy (non-hydrogen) atoms. The van der Waals surface area contributed by atoms with Crippen molar-refractivity contribution in [3.63, 3.8) is 0 Å². The Kier molecular flexibility index (Phi) is 4.21. The SMILES string of the molecule is CCN1C(=O)C(CC)(CC)Oc2c(OC)cc(C=O)cc21. The van der Waals surface area contributed by atoms with Crippen molar-refractivity contribution in [3.8, 4) is 11.5 Å². The summed E-state index contributed by atoms with van der Waals surface area (Å²) in [7, 11) is 1.53. The highest BCUT2D eigenvalue weighted by Crippen LogP contribution is 2.46. The molecule has 0 N–H and O–H groups in total. The molecule has 1 heterocycles. The summed E-state index contributed by atoms with van der Waals surface area (Å²) in [6.45, 7) is 6.30. The molecule has 0 radical (unpaired) electrons. The lowest BCUT2D eigenvalue weighted by atomic mass is 9.92. The number of amides is 1. The number of aldehydes is 1. The van der Waals surface area contributed by atoms with Gasteiger partial charge in [0.2, 0.25) is 0 Å². The molecule has 0 saturated heterocycles. The molecule has 1 amide bonds. The number of rotatable bonds is 5. The van der Waals surface area contributed by atoms with Gasteiger partial charge in [0.05, 0.1) is 12.8 Å². The summed E-state index contributed by atoms with van der Waals surface area (Å²) in [6, 6.07) is 3.30. The zero-order chi connectivity index (χ0) is 15.6. The molecule has 0 fully saturated rings. The van der Waals surface area contributed by atoms with Crippen LogP contribution in [0.1, 0.15) is 44.0 Å². The Labute approximate surface area is 124 Å². The predicted octanol–water partition coefficient (Wildman–Crippen LogP) is 2.81. The van der Waals surface area contributed by atoms with E-state index in [2.05, 4.69) is 0 Å². The highest BCUT2D eigenvalue weighted by atomic mass is 16.5. The van der Waals surface area contributed by atoms with Gasteiger partial charge in [0.1, 0.15) is 6.29 Å². The fourth-order valence-electron chi connectivity index (χ4n) is 2.74. The van der Waals surface area contributed by atoms with Crippen LogP contribution in [0.3, 0.4) is 0 Å². The largest absolute Gasteiger partial charge is 0.493 e. The van der Waals surface area contributed by atoms with Crippen molar-refractivity contribution in [3.05, 3.63) is 17.7 Å². The second-order valence-corrected chi connectivity index (χ2v) is 5.04. The van der Waals surface area contributed by atoms with Gasteiger partial charge in [0.15, 0.2) is 17.1 Å². The van der Waals surface area contributed by atoms with E-state index in [1.165, 1.54) is 7.11 Å². The molecule has 0 aromatic heterocycles. The van der Waals surface area contributed by atoms with Gasteiger partial charge < -0.3 is 14.4 Å². The fourth-order valence-corrected chi connectivity index (χ4v) is 2.74. The Morgan fingerprint density at radius 2 is 1.95 bits per heavy atom. The van der Waals surface area contributed by atoms with Crippen LogP contribution >= 0.6 is 0 Å². The summed E-state index contributed by atoms with van der Waals surface area (Å²) < 4.78 is 11.4. The van der Waals surface area contributed by atoms with E-state index in [-0.39, 0.29) is 5.91 Å². The van der Waals surface area contributed by atoms with Crippen molar-refractivity contribution in [1.29, 1.82) is 0 Å². The van der Waals surface area contributed by atoms with E-state index in [0.717, 1.165) is 6.29 Å². The monoisotopic (exact) mass is 291 g/mol. The van der Waals surface area contributed by atoms with E-state index in [9.17, 15) is 9.59 Å². The van der Waals surface area contributed by atoms with Gasteiger partial charge in [0.25, 0.3) is 5.91 Å². The molecule has 0 saturated carbocycles. The van der Waals surface area contributed by atoms with E-state index >= 15 is 0 Å². The van der Waals surface area contributed by atoms with Crippen LogP contribution in [0.15, 0.2) is 12.1 Å².